The number of primary amides is 1. The Morgan fingerprint density at radius 2 is 1.85 bits per heavy atom. The number of nitrogens with zero attached hydrogens (tertiary/aromatic N) is 3. The van der Waals surface area contributed by atoms with E-state index in [1.54, 1.807) is 22.9 Å². The first-order chi connectivity index (χ1) is 16.0. The van der Waals surface area contributed by atoms with Crippen LogP contribution in [0.2, 0.25) is 0 Å². The van der Waals surface area contributed by atoms with Crippen LogP contribution in [0.4, 0.5) is 10.1 Å². The summed E-state index contributed by atoms with van der Waals surface area (Å²) in [6.07, 6.45) is 8.24. The zero-order chi connectivity index (χ0) is 22.9. The highest BCUT2D eigenvalue weighted by Gasteiger charge is 2.25. The summed E-state index contributed by atoms with van der Waals surface area (Å²) in [5.74, 6) is -1.16. The van der Waals surface area contributed by atoms with Gasteiger partial charge in [-0.3, -0.25) is 14.6 Å². The van der Waals surface area contributed by atoms with Crippen LogP contribution in [0.15, 0.2) is 78.0 Å². The van der Waals surface area contributed by atoms with Crippen LogP contribution >= 0.6 is 0 Å². The van der Waals surface area contributed by atoms with Crippen molar-refractivity contribution in [2.24, 2.45) is 5.73 Å². The lowest BCUT2D eigenvalue weighted by molar-refractivity contribution is 0.0999. The number of pyridine rings is 2. The van der Waals surface area contributed by atoms with Crippen molar-refractivity contribution in [1.82, 2.24) is 9.55 Å². The first-order valence-electron chi connectivity index (χ1n) is 10.9. The smallest absolute Gasteiger partial charge is 0.254 e. The van der Waals surface area contributed by atoms with Gasteiger partial charge in [0, 0.05) is 41.9 Å². The molecule has 0 saturated carbocycles. The van der Waals surface area contributed by atoms with Crippen molar-refractivity contribution in [2.45, 2.75) is 25.3 Å². The lowest BCUT2D eigenvalue weighted by Crippen LogP contribution is -2.33. The summed E-state index contributed by atoms with van der Waals surface area (Å²) in [7, 11) is 0. The molecule has 1 unspecified atom stereocenters. The molecule has 1 aliphatic heterocycles. The minimum atomic E-state index is -0.797. The number of aromatic nitrogens is 2. The number of carbonyl (C=O) groups is 1. The van der Waals surface area contributed by atoms with E-state index in [2.05, 4.69) is 16.0 Å². The van der Waals surface area contributed by atoms with Gasteiger partial charge in [-0.05, 0) is 73.4 Å². The second-order valence-corrected chi connectivity index (χ2v) is 8.28. The lowest BCUT2D eigenvalue weighted by Gasteiger charge is -2.38. The normalized spacial score (nSPS) is 16.2. The van der Waals surface area contributed by atoms with Gasteiger partial charge in [0.15, 0.2) is 0 Å². The maximum Gasteiger partial charge on any atom is 0.254 e. The number of carbonyl (C=O) groups excluding carboxylic acids is 1. The van der Waals surface area contributed by atoms with Gasteiger partial charge in [0.25, 0.3) is 5.91 Å². The van der Waals surface area contributed by atoms with E-state index in [-0.39, 0.29) is 17.4 Å². The van der Waals surface area contributed by atoms with Crippen LogP contribution in [0.5, 0.6) is 0 Å². The molecular weight excluding hydrogens is 419 g/mol. The largest absolute Gasteiger partial charge is 0.365 e. The molecule has 1 aliphatic rings. The summed E-state index contributed by atoms with van der Waals surface area (Å²) in [5.41, 5.74) is 8.29. The molecule has 0 bridgehead atoms. The van der Waals surface area contributed by atoms with Gasteiger partial charge in [-0.15, -0.1) is 0 Å². The highest BCUT2D eigenvalue weighted by atomic mass is 19.1. The zero-order valence-corrected chi connectivity index (χ0v) is 17.9. The van der Waals surface area contributed by atoms with E-state index in [9.17, 15) is 14.0 Å². The highest BCUT2D eigenvalue weighted by molar-refractivity contribution is 5.97. The molecule has 0 radical (unpaired) electrons. The van der Waals surface area contributed by atoms with Crippen molar-refractivity contribution in [2.75, 3.05) is 11.4 Å². The average molecular weight is 442 g/mol. The monoisotopic (exact) mass is 442 g/mol. The van der Waals surface area contributed by atoms with Gasteiger partial charge in [0.1, 0.15) is 11.4 Å². The summed E-state index contributed by atoms with van der Waals surface area (Å²) in [6.45, 7) is 0.854. The fraction of sp³-hybridized carbons (Fsp3) is 0.192. The molecule has 6 nitrogen and oxygen atoms in total. The number of amides is 1. The zero-order valence-electron chi connectivity index (χ0n) is 17.9. The molecule has 1 saturated heterocycles. The second-order valence-electron chi connectivity index (χ2n) is 8.28. The average Bonchev–Trinajstić information content (AvgIpc) is 2.85. The molecule has 4 aromatic rings. The van der Waals surface area contributed by atoms with Gasteiger partial charge in [0.2, 0.25) is 5.43 Å². The number of hydrogen-bond donors (Lipinski definition) is 1. The molecule has 7 heteroatoms. The molecule has 1 atom stereocenters. The predicted octanol–water partition coefficient (Wildman–Crippen LogP) is 4.36. The molecular formula is C26H23FN4O2. The van der Waals surface area contributed by atoms with Crippen LogP contribution in [-0.2, 0) is 0 Å². The van der Waals surface area contributed by atoms with Crippen molar-refractivity contribution in [3.8, 4) is 5.69 Å². The van der Waals surface area contributed by atoms with Crippen LogP contribution in [-0.4, -0.2) is 22.0 Å². The molecule has 2 aromatic carbocycles. The van der Waals surface area contributed by atoms with Crippen LogP contribution in [0.1, 0.15) is 41.2 Å². The minimum absolute atomic E-state index is 0.105. The number of piperidine rings is 1. The summed E-state index contributed by atoms with van der Waals surface area (Å²) >= 11 is 0. The van der Waals surface area contributed by atoms with E-state index in [0.717, 1.165) is 37.1 Å². The number of anilines is 1. The maximum atomic E-state index is 13.5. The Hall–Kier alpha value is -4.00. The Kier molecular flexibility index (Phi) is 5.38. The fourth-order valence-electron chi connectivity index (χ4n) is 4.65. The van der Waals surface area contributed by atoms with Crippen molar-refractivity contribution in [3.05, 3.63) is 100 Å². The first kappa shape index (κ1) is 20.9. The van der Waals surface area contributed by atoms with Crippen molar-refractivity contribution >= 4 is 22.5 Å². The maximum absolute atomic E-state index is 13.5. The molecule has 0 aliphatic carbocycles. The first-order valence-corrected chi connectivity index (χ1v) is 10.9. The Bertz CT molecular complexity index is 1380. The van der Waals surface area contributed by atoms with Crippen molar-refractivity contribution in [3.63, 3.8) is 0 Å². The van der Waals surface area contributed by atoms with E-state index < -0.39 is 11.3 Å². The third kappa shape index (κ3) is 3.86. The summed E-state index contributed by atoms with van der Waals surface area (Å²) in [6, 6.07) is 15.7. The van der Waals surface area contributed by atoms with E-state index in [4.69, 9.17) is 5.73 Å². The van der Waals surface area contributed by atoms with Crippen molar-refractivity contribution < 1.29 is 9.18 Å². The molecule has 0 spiro atoms. The molecule has 1 amide bonds. The quantitative estimate of drug-likeness (QED) is 0.509. The summed E-state index contributed by atoms with van der Waals surface area (Å²) in [4.78, 5) is 31.8. The number of hydrogen-bond acceptors (Lipinski definition) is 4. The van der Waals surface area contributed by atoms with Gasteiger partial charge in [-0.1, -0.05) is 6.07 Å². The SMILES string of the molecule is NC(=O)c1cn(-c2ccc(F)cc2)c2ccc(N3CCCCC3c3cccnc3)cc2c1=O. The number of nitrogens with two attached hydrogens (primary N) is 1. The minimum Gasteiger partial charge on any atom is -0.365 e. The van der Waals surface area contributed by atoms with E-state index in [1.165, 1.54) is 18.3 Å². The van der Waals surface area contributed by atoms with Crippen LogP contribution in [0, 0.1) is 5.82 Å². The van der Waals surface area contributed by atoms with Gasteiger partial charge in [-0.25, -0.2) is 4.39 Å². The third-order valence-corrected chi connectivity index (χ3v) is 6.26. The Balaban J connectivity index is 1.68. The van der Waals surface area contributed by atoms with Gasteiger partial charge < -0.3 is 15.2 Å². The lowest BCUT2D eigenvalue weighted by atomic mass is 9.95. The van der Waals surface area contributed by atoms with Crippen LogP contribution in [0.25, 0.3) is 16.6 Å². The van der Waals surface area contributed by atoms with Crippen molar-refractivity contribution in [1.29, 1.82) is 0 Å². The number of halogens is 1. The van der Waals surface area contributed by atoms with E-state index in [0.29, 0.717) is 16.6 Å². The topological polar surface area (TPSA) is 81.2 Å². The van der Waals surface area contributed by atoms with E-state index >= 15 is 0 Å². The molecule has 1 fully saturated rings. The van der Waals surface area contributed by atoms with Gasteiger partial charge in [-0.2, -0.15) is 0 Å². The molecule has 5 rings (SSSR count). The predicted molar refractivity (Wildman–Crippen MR) is 126 cm³/mol. The summed E-state index contributed by atoms with van der Waals surface area (Å²) < 4.78 is 15.2. The highest BCUT2D eigenvalue weighted by Crippen LogP contribution is 2.35. The summed E-state index contributed by atoms with van der Waals surface area (Å²) in [5, 5.41) is 0.392. The number of rotatable bonds is 4. The van der Waals surface area contributed by atoms with Gasteiger partial charge in [0.05, 0.1) is 11.6 Å². The molecule has 2 N–H and O–H groups in total. The standard InChI is InChI=1S/C26H23FN4O2/c27-18-6-8-19(9-7-18)31-16-22(26(28)33)25(32)21-14-20(10-11-24(21)31)30-13-2-1-5-23(30)17-4-3-12-29-15-17/h3-4,6-12,14-16,23H,1-2,5,13H2,(H2,28,33). The molecule has 166 valence electrons. The molecule has 33 heavy (non-hydrogen) atoms. The Morgan fingerprint density at radius 1 is 1.06 bits per heavy atom. The number of fused-ring (bicyclic) bond motifs is 1. The Labute approximate surface area is 190 Å². The van der Waals surface area contributed by atoms with Gasteiger partial charge >= 0.3 is 0 Å². The number of benzene rings is 2. The second kappa shape index (κ2) is 8.50. The van der Waals surface area contributed by atoms with Crippen LogP contribution < -0.4 is 16.1 Å². The van der Waals surface area contributed by atoms with Crippen LogP contribution in [0.3, 0.4) is 0 Å². The Morgan fingerprint density at radius 3 is 2.58 bits per heavy atom. The fourth-order valence-corrected chi connectivity index (χ4v) is 4.65. The third-order valence-electron chi connectivity index (χ3n) is 6.26. The molecule has 3 heterocycles. The van der Waals surface area contributed by atoms with E-state index in [1.807, 2.05) is 30.5 Å². The molecule has 2 aromatic heterocycles.